The van der Waals surface area contributed by atoms with Crippen LogP contribution in [-0.4, -0.2) is 26.7 Å². The highest BCUT2D eigenvalue weighted by atomic mass is 19.4. The van der Waals surface area contributed by atoms with Crippen LogP contribution in [0.25, 0.3) is 0 Å². The van der Waals surface area contributed by atoms with Crippen molar-refractivity contribution in [2.24, 2.45) is 0 Å². The van der Waals surface area contributed by atoms with E-state index in [1.54, 1.807) is 18.2 Å². The highest BCUT2D eigenvalue weighted by Gasteiger charge is 2.30. The Morgan fingerprint density at radius 3 is 2.50 bits per heavy atom. The lowest BCUT2D eigenvalue weighted by Gasteiger charge is -2.12. The Kier molecular flexibility index (Phi) is 6.32. The molecular weight excluding hydrogens is 349 g/mol. The molecule has 8 heteroatoms. The molecular formula is C18H19F3N2O3. The minimum absolute atomic E-state index is 0.0748. The van der Waals surface area contributed by atoms with Gasteiger partial charge < -0.3 is 20.1 Å². The summed E-state index contributed by atoms with van der Waals surface area (Å²) in [6.07, 6.45) is -4.33. The van der Waals surface area contributed by atoms with Crippen LogP contribution in [0.4, 0.5) is 24.5 Å². The lowest BCUT2D eigenvalue weighted by molar-refractivity contribution is -0.137. The molecule has 2 aromatic carbocycles. The Balaban J connectivity index is 1.90. The number of anilines is 2. The number of benzene rings is 2. The maximum Gasteiger partial charge on any atom is 0.416 e. The van der Waals surface area contributed by atoms with Crippen LogP contribution >= 0.6 is 0 Å². The Bertz CT molecular complexity index is 764. The predicted molar refractivity (Wildman–Crippen MR) is 92.7 cm³/mol. The SMILES string of the molecule is COc1ccc(NC(=O)CCNc2cccc(C(F)(F)F)c2)c(OC)c1. The summed E-state index contributed by atoms with van der Waals surface area (Å²) in [5.41, 5.74) is 0.0435. The van der Waals surface area contributed by atoms with E-state index in [0.717, 1.165) is 12.1 Å². The molecule has 1 amide bonds. The minimum Gasteiger partial charge on any atom is -0.497 e. The second kappa shape index (κ2) is 8.46. The number of hydrogen-bond acceptors (Lipinski definition) is 4. The molecule has 0 atom stereocenters. The van der Waals surface area contributed by atoms with E-state index < -0.39 is 11.7 Å². The Labute approximate surface area is 149 Å². The fraction of sp³-hybridized carbons (Fsp3) is 0.278. The van der Waals surface area contributed by atoms with E-state index in [9.17, 15) is 18.0 Å². The monoisotopic (exact) mass is 368 g/mol. The smallest absolute Gasteiger partial charge is 0.416 e. The average Bonchev–Trinajstić information content (AvgIpc) is 2.61. The summed E-state index contributed by atoms with van der Waals surface area (Å²) >= 11 is 0. The van der Waals surface area contributed by atoms with Gasteiger partial charge in [0.05, 0.1) is 25.5 Å². The van der Waals surface area contributed by atoms with Crippen LogP contribution in [0, 0.1) is 0 Å². The van der Waals surface area contributed by atoms with Crippen LogP contribution in [0.5, 0.6) is 11.5 Å². The lowest BCUT2D eigenvalue weighted by Crippen LogP contribution is -2.17. The zero-order valence-corrected chi connectivity index (χ0v) is 14.3. The summed E-state index contributed by atoms with van der Waals surface area (Å²) in [4.78, 5) is 12.0. The molecule has 0 heterocycles. The molecule has 0 aliphatic carbocycles. The number of ether oxygens (including phenoxy) is 2. The van der Waals surface area contributed by atoms with Gasteiger partial charge in [0.25, 0.3) is 0 Å². The van der Waals surface area contributed by atoms with Gasteiger partial charge in [-0.25, -0.2) is 0 Å². The van der Waals surface area contributed by atoms with Gasteiger partial charge in [0, 0.05) is 24.7 Å². The van der Waals surface area contributed by atoms with Crippen LogP contribution in [0.15, 0.2) is 42.5 Å². The van der Waals surface area contributed by atoms with Gasteiger partial charge in [0.15, 0.2) is 0 Å². The molecule has 0 spiro atoms. The first kappa shape index (κ1) is 19.4. The molecule has 2 aromatic rings. The topological polar surface area (TPSA) is 59.6 Å². The molecule has 2 N–H and O–H groups in total. The summed E-state index contributed by atoms with van der Waals surface area (Å²) in [5, 5.41) is 5.50. The molecule has 5 nitrogen and oxygen atoms in total. The molecule has 0 unspecified atom stereocenters. The third-order valence-corrected chi connectivity index (χ3v) is 3.55. The number of halogens is 3. The first-order valence-electron chi connectivity index (χ1n) is 7.76. The zero-order valence-electron chi connectivity index (χ0n) is 14.3. The lowest BCUT2D eigenvalue weighted by atomic mass is 10.2. The summed E-state index contributed by atoms with van der Waals surface area (Å²) in [7, 11) is 2.99. The molecule has 0 saturated carbocycles. The standard InChI is InChI=1S/C18H19F3N2O3/c1-25-14-6-7-15(16(11-14)26-2)23-17(24)8-9-22-13-5-3-4-12(10-13)18(19,20)21/h3-7,10-11,22H,8-9H2,1-2H3,(H,23,24). The van der Waals surface area contributed by atoms with Gasteiger partial charge in [-0.05, 0) is 30.3 Å². The van der Waals surface area contributed by atoms with Crippen molar-refractivity contribution in [3.8, 4) is 11.5 Å². The number of rotatable bonds is 7. The van der Waals surface area contributed by atoms with Gasteiger partial charge in [-0.15, -0.1) is 0 Å². The molecule has 140 valence electrons. The number of hydrogen-bond donors (Lipinski definition) is 2. The first-order valence-corrected chi connectivity index (χ1v) is 7.76. The van der Waals surface area contributed by atoms with E-state index >= 15 is 0 Å². The Hall–Kier alpha value is -2.90. The molecule has 0 bridgehead atoms. The molecule has 0 radical (unpaired) electrons. The van der Waals surface area contributed by atoms with Gasteiger partial charge in [0.1, 0.15) is 11.5 Å². The average molecular weight is 368 g/mol. The number of carbonyl (C=O) groups is 1. The number of amides is 1. The van der Waals surface area contributed by atoms with Crippen LogP contribution in [-0.2, 0) is 11.0 Å². The minimum atomic E-state index is -4.40. The fourth-order valence-corrected chi connectivity index (χ4v) is 2.24. The third kappa shape index (κ3) is 5.30. The van der Waals surface area contributed by atoms with Crippen LogP contribution in [0.2, 0.25) is 0 Å². The van der Waals surface area contributed by atoms with E-state index in [1.165, 1.54) is 26.4 Å². The van der Waals surface area contributed by atoms with Crippen molar-refractivity contribution >= 4 is 17.3 Å². The summed E-state index contributed by atoms with van der Waals surface area (Å²) < 4.78 is 48.3. The predicted octanol–water partition coefficient (Wildman–Crippen LogP) is 4.16. The van der Waals surface area contributed by atoms with Crippen molar-refractivity contribution in [3.63, 3.8) is 0 Å². The second-order valence-electron chi connectivity index (χ2n) is 5.37. The van der Waals surface area contributed by atoms with Gasteiger partial charge in [-0.3, -0.25) is 4.79 Å². The van der Waals surface area contributed by atoms with E-state index in [0.29, 0.717) is 22.9 Å². The molecule has 26 heavy (non-hydrogen) atoms. The van der Waals surface area contributed by atoms with Crippen LogP contribution in [0.3, 0.4) is 0 Å². The molecule has 0 fully saturated rings. The quantitative estimate of drug-likeness (QED) is 0.770. The first-order chi connectivity index (χ1) is 12.3. The highest BCUT2D eigenvalue weighted by molar-refractivity contribution is 5.92. The molecule has 0 aliphatic rings. The maximum atomic E-state index is 12.7. The van der Waals surface area contributed by atoms with E-state index in [1.807, 2.05) is 0 Å². The zero-order chi connectivity index (χ0) is 19.2. The molecule has 0 aromatic heterocycles. The number of methoxy groups -OCH3 is 2. The van der Waals surface area contributed by atoms with Gasteiger partial charge >= 0.3 is 6.18 Å². The maximum absolute atomic E-state index is 12.7. The van der Waals surface area contributed by atoms with Crippen molar-refractivity contribution in [2.75, 3.05) is 31.4 Å². The Morgan fingerprint density at radius 1 is 1.08 bits per heavy atom. The number of carbonyl (C=O) groups excluding carboxylic acids is 1. The summed E-state index contributed by atoms with van der Waals surface area (Å²) in [6.45, 7) is 0.186. The van der Waals surface area contributed by atoms with Gasteiger partial charge in [-0.1, -0.05) is 6.07 Å². The second-order valence-corrected chi connectivity index (χ2v) is 5.37. The van der Waals surface area contributed by atoms with Crippen LogP contribution in [0.1, 0.15) is 12.0 Å². The van der Waals surface area contributed by atoms with Crippen molar-refractivity contribution in [1.82, 2.24) is 0 Å². The van der Waals surface area contributed by atoms with E-state index in [-0.39, 0.29) is 18.9 Å². The summed E-state index contributed by atoms with van der Waals surface area (Å²) in [6, 6.07) is 9.79. The Morgan fingerprint density at radius 2 is 1.85 bits per heavy atom. The van der Waals surface area contributed by atoms with E-state index in [4.69, 9.17) is 9.47 Å². The van der Waals surface area contributed by atoms with Crippen molar-refractivity contribution in [3.05, 3.63) is 48.0 Å². The van der Waals surface area contributed by atoms with Gasteiger partial charge in [-0.2, -0.15) is 13.2 Å². The molecule has 0 saturated heterocycles. The highest BCUT2D eigenvalue weighted by Crippen LogP contribution is 2.31. The molecule has 2 rings (SSSR count). The largest absolute Gasteiger partial charge is 0.497 e. The van der Waals surface area contributed by atoms with Crippen molar-refractivity contribution in [2.45, 2.75) is 12.6 Å². The number of nitrogens with one attached hydrogen (secondary N) is 2. The van der Waals surface area contributed by atoms with Crippen molar-refractivity contribution in [1.29, 1.82) is 0 Å². The third-order valence-electron chi connectivity index (χ3n) is 3.55. The molecule has 0 aliphatic heterocycles. The summed E-state index contributed by atoms with van der Waals surface area (Å²) in [5.74, 6) is 0.738. The van der Waals surface area contributed by atoms with Gasteiger partial charge in [0.2, 0.25) is 5.91 Å². The van der Waals surface area contributed by atoms with Crippen molar-refractivity contribution < 1.29 is 27.4 Å². The number of alkyl halides is 3. The fourth-order valence-electron chi connectivity index (χ4n) is 2.24. The normalized spacial score (nSPS) is 11.0. The van der Waals surface area contributed by atoms with Crippen LogP contribution < -0.4 is 20.1 Å². The van der Waals surface area contributed by atoms with E-state index in [2.05, 4.69) is 10.6 Å².